The van der Waals surface area contributed by atoms with Crippen molar-refractivity contribution in [2.24, 2.45) is 0 Å². The van der Waals surface area contributed by atoms with Crippen LogP contribution < -0.4 is 11.2 Å². The van der Waals surface area contributed by atoms with Crippen LogP contribution in [0.3, 0.4) is 0 Å². The molecule has 14 heavy (non-hydrogen) atoms. The minimum atomic E-state index is -0.829. The predicted octanol–water partition coefficient (Wildman–Crippen LogP) is 0.562. The SMILES string of the molecule is O=c1c2cccnc2n(Cl)c(=O)n1Cl. The molecule has 7 heteroatoms. The Bertz CT molecular complexity index is 616. The van der Waals surface area contributed by atoms with Crippen molar-refractivity contribution < 1.29 is 0 Å². The number of fused-ring (bicyclic) bond motifs is 1. The second-order valence-corrected chi connectivity index (χ2v) is 3.20. The third-order valence-electron chi connectivity index (χ3n) is 1.72. The molecule has 0 N–H and O–H groups in total. The molecule has 2 aromatic rings. The maximum Gasteiger partial charge on any atom is 0.362 e. The summed E-state index contributed by atoms with van der Waals surface area (Å²) in [5.74, 6) is 0. The van der Waals surface area contributed by atoms with Gasteiger partial charge in [0.05, 0.1) is 5.39 Å². The second kappa shape index (κ2) is 3.11. The lowest BCUT2D eigenvalue weighted by Crippen LogP contribution is -2.32. The number of halogens is 2. The fourth-order valence-electron chi connectivity index (χ4n) is 1.08. The molecule has 0 aliphatic rings. The summed E-state index contributed by atoms with van der Waals surface area (Å²) in [6.45, 7) is 0. The molecule has 2 heterocycles. The molecule has 0 fully saturated rings. The van der Waals surface area contributed by atoms with Gasteiger partial charge in [0.15, 0.2) is 5.65 Å². The van der Waals surface area contributed by atoms with E-state index in [4.69, 9.17) is 23.6 Å². The van der Waals surface area contributed by atoms with Crippen LogP contribution in [0.4, 0.5) is 0 Å². The molecule has 0 aromatic carbocycles. The summed E-state index contributed by atoms with van der Waals surface area (Å²) in [6.07, 6.45) is 1.43. The van der Waals surface area contributed by atoms with Crippen molar-refractivity contribution in [3.63, 3.8) is 0 Å². The van der Waals surface area contributed by atoms with E-state index in [0.29, 0.717) is 8.17 Å². The number of nitrogens with zero attached hydrogens (tertiary/aromatic N) is 3. The van der Waals surface area contributed by atoms with E-state index in [9.17, 15) is 9.59 Å². The van der Waals surface area contributed by atoms with Gasteiger partial charge in [-0.05, 0) is 12.1 Å². The molecular formula is C7H3Cl2N3O2. The first kappa shape index (κ1) is 9.23. The Balaban J connectivity index is 3.19. The Morgan fingerprint density at radius 3 is 2.64 bits per heavy atom. The van der Waals surface area contributed by atoms with Crippen molar-refractivity contribution >= 4 is 34.6 Å². The molecule has 0 saturated heterocycles. The lowest BCUT2D eigenvalue weighted by atomic mass is 10.3. The Kier molecular flexibility index (Phi) is 2.05. The minimum Gasteiger partial charge on any atom is -0.267 e. The largest absolute Gasteiger partial charge is 0.362 e. The van der Waals surface area contributed by atoms with E-state index in [1.807, 2.05) is 0 Å². The summed E-state index contributed by atoms with van der Waals surface area (Å²) in [5, 5.41) is 0.192. The quantitative estimate of drug-likeness (QED) is 0.666. The molecular weight excluding hydrogens is 229 g/mol. The normalized spacial score (nSPS) is 10.7. The van der Waals surface area contributed by atoms with Crippen LogP contribution in [-0.2, 0) is 0 Å². The van der Waals surface area contributed by atoms with Crippen molar-refractivity contribution in [2.75, 3.05) is 0 Å². The minimum absolute atomic E-state index is 0.0982. The fraction of sp³-hybridized carbons (Fsp3) is 0. The van der Waals surface area contributed by atoms with E-state index < -0.39 is 11.2 Å². The van der Waals surface area contributed by atoms with E-state index in [-0.39, 0.29) is 11.0 Å². The maximum atomic E-state index is 11.4. The molecule has 5 nitrogen and oxygen atoms in total. The molecule has 0 aliphatic carbocycles. The molecule has 2 rings (SSSR count). The lowest BCUT2D eigenvalue weighted by molar-refractivity contribution is 0.948. The van der Waals surface area contributed by atoms with Crippen molar-refractivity contribution in [1.29, 1.82) is 0 Å². The number of aromatic nitrogens is 3. The molecule has 72 valence electrons. The van der Waals surface area contributed by atoms with Gasteiger partial charge < -0.3 is 0 Å². The first-order chi connectivity index (χ1) is 6.63. The summed E-state index contributed by atoms with van der Waals surface area (Å²) in [4.78, 5) is 26.4. The van der Waals surface area contributed by atoms with Crippen LogP contribution in [0, 0.1) is 0 Å². The van der Waals surface area contributed by atoms with E-state index in [1.54, 1.807) is 6.07 Å². The molecule has 0 unspecified atom stereocenters. The zero-order valence-electron chi connectivity index (χ0n) is 6.65. The summed E-state index contributed by atoms with van der Waals surface area (Å²) < 4.78 is 1.11. The van der Waals surface area contributed by atoms with Gasteiger partial charge in [-0.3, -0.25) is 4.79 Å². The number of hydrogen-bond donors (Lipinski definition) is 0. The third kappa shape index (κ3) is 1.13. The van der Waals surface area contributed by atoms with Crippen LogP contribution in [0.5, 0.6) is 0 Å². The predicted molar refractivity (Wildman–Crippen MR) is 52.8 cm³/mol. The fourth-order valence-corrected chi connectivity index (χ4v) is 1.50. The summed E-state index contributed by atoms with van der Waals surface area (Å²) in [5.41, 5.74) is -1.36. The third-order valence-corrected chi connectivity index (χ3v) is 2.32. The van der Waals surface area contributed by atoms with E-state index in [2.05, 4.69) is 4.98 Å². The highest BCUT2D eigenvalue weighted by Crippen LogP contribution is 2.04. The van der Waals surface area contributed by atoms with Gasteiger partial charge in [0.1, 0.15) is 0 Å². The van der Waals surface area contributed by atoms with Gasteiger partial charge in [0, 0.05) is 29.8 Å². The van der Waals surface area contributed by atoms with Crippen molar-refractivity contribution in [3.05, 3.63) is 39.2 Å². The highest BCUT2D eigenvalue weighted by Gasteiger charge is 2.10. The average Bonchev–Trinajstić information content (AvgIpc) is 2.23. The van der Waals surface area contributed by atoms with Gasteiger partial charge >= 0.3 is 5.69 Å². The van der Waals surface area contributed by atoms with Crippen molar-refractivity contribution in [1.82, 2.24) is 13.2 Å². The molecule has 0 radical (unpaired) electrons. The molecule has 0 saturated carbocycles. The van der Waals surface area contributed by atoms with Gasteiger partial charge in [-0.1, -0.05) is 0 Å². The average molecular weight is 232 g/mol. The first-order valence-corrected chi connectivity index (χ1v) is 4.25. The van der Waals surface area contributed by atoms with Crippen molar-refractivity contribution in [2.45, 2.75) is 0 Å². The van der Waals surface area contributed by atoms with Gasteiger partial charge in [0.2, 0.25) is 0 Å². The molecule has 0 amide bonds. The summed E-state index contributed by atoms with van der Waals surface area (Å²) in [7, 11) is 0. The molecule has 0 spiro atoms. The molecule has 2 aromatic heterocycles. The highest BCUT2D eigenvalue weighted by atomic mass is 35.5. The molecule has 0 aliphatic heterocycles. The zero-order valence-corrected chi connectivity index (χ0v) is 8.16. The van der Waals surface area contributed by atoms with Gasteiger partial charge in [-0.25, -0.2) is 9.78 Å². The van der Waals surface area contributed by atoms with Gasteiger partial charge in [-0.15, -0.1) is 0 Å². The number of hydrogen-bond acceptors (Lipinski definition) is 3. The Hall–Kier alpha value is -1.33. The summed E-state index contributed by atoms with van der Waals surface area (Å²) >= 11 is 11.0. The van der Waals surface area contributed by atoms with Crippen LogP contribution in [-0.4, -0.2) is 13.2 Å². The van der Waals surface area contributed by atoms with E-state index in [0.717, 1.165) is 0 Å². The highest BCUT2D eigenvalue weighted by molar-refractivity contribution is 6.19. The van der Waals surface area contributed by atoms with E-state index >= 15 is 0 Å². The van der Waals surface area contributed by atoms with Crippen LogP contribution in [0.2, 0.25) is 0 Å². The van der Waals surface area contributed by atoms with Gasteiger partial charge in [-0.2, -0.15) is 8.17 Å². The van der Waals surface area contributed by atoms with E-state index in [1.165, 1.54) is 12.3 Å². The van der Waals surface area contributed by atoms with Crippen molar-refractivity contribution in [3.8, 4) is 0 Å². The Morgan fingerprint density at radius 2 is 1.93 bits per heavy atom. The monoisotopic (exact) mass is 231 g/mol. The first-order valence-electron chi connectivity index (χ1n) is 3.58. The second-order valence-electron chi connectivity index (χ2n) is 2.52. The van der Waals surface area contributed by atoms with Crippen LogP contribution in [0.25, 0.3) is 11.0 Å². The summed E-state index contributed by atoms with van der Waals surface area (Å²) in [6, 6.07) is 3.05. The zero-order chi connectivity index (χ0) is 10.3. The van der Waals surface area contributed by atoms with Crippen LogP contribution >= 0.6 is 23.6 Å². The topological polar surface area (TPSA) is 56.9 Å². The Morgan fingerprint density at radius 1 is 1.21 bits per heavy atom. The molecule has 0 atom stereocenters. The number of rotatable bonds is 0. The van der Waals surface area contributed by atoms with Crippen LogP contribution in [0.1, 0.15) is 0 Å². The van der Waals surface area contributed by atoms with Gasteiger partial charge in [0.25, 0.3) is 5.56 Å². The lowest BCUT2D eigenvalue weighted by Gasteiger charge is -2.00. The van der Waals surface area contributed by atoms with Crippen LogP contribution in [0.15, 0.2) is 27.9 Å². The Labute approximate surface area is 87.3 Å². The molecule has 0 bridgehead atoms. The smallest absolute Gasteiger partial charge is 0.267 e. The standard InChI is InChI=1S/C7H3Cl2N3O2/c8-11-5-4(2-1-3-10-5)6(13)12(9)7(11)14/h1-3H. The maximum absolute atomic E-state index is 11.4. The number of pyridine rings is 1.